The van der Waals surface area contributed by atoms with Gasteiger partial charge in [0.05, 0.1) is 19.8 Å². The van der Waals surface area contributed by atoms with E-state index < -0.39 is 0 Å². The summed E-state index contributed by atoms with van der Waals surface area (Å²) >= 11 is 4.83. The first-order chi connectivity index (χ1) is 9.58. The van der Waals surface area contributed by atoms with Crippen molar-refractivity contribution < 1.29 is 19.0 Å². The first kappa shape index (κ1) is 16.6. The van der Waals surface area contributed by atoms with Gasteiger partial charge < -0.3 is 14.2 Å². The Labute approximate surface area is 125 Å². The molecule has 5 heteroatoms. The third kappa shape index (κ3) is 7.86. The Hall–Kier alpha value is -1.46. The summed E-state index contributed by atoms with van der Waals surface area (Å²) in [5.41, 5.74) is 1.08. The van der Waals surface area contributed by atoms with Crippen LogP contribution in [0, 0.1) is 0 Å². The molecule has 0 saturated heterocycles. The lowest BCUT2D eigenvalue weighted by Crippen LogP contribution is -2.24. The van der Waals surface area contributed by atoms with Crippen molar-refractivity contribution in [2.45, 2.75) is 33.0 Å². The van der Waals surface area contributed by atoms with Crippen LogP contribution in [-0.2, 0) is 25.6 Å². The maximum Gasteiger partial charge on any atom is 0.302 e. The van der Waals surface area contributed by atoms with Crippen LogP contribution in [0.2, 0.25) is 0 Å². The first-order valence-electron chi connectivity index (χ1n) is 6.50. The number of thiocarbonyl (C=S) groups is 1. The minimum Gasteiger partial charge on any atom is -0.487 e. The number of hydrogen-bond acceptors (Lipinski definition) is 5. The number of benzene rings is 1. The van der Waals surface area contributed by atoms with Crippen LogP contribution < -0.4 is 0 Å². The lowest BCUT2D eigenvalue weighted by atomic mass is 10.2. The average Bonchev–Trinajstić information content (AvgIpc) is 2.38. The Kier molecular flexibility index (Phi) is 7.84. The van der Waals surface area contributed by atoms with Crippen molar-refractivity contribution in [3.8, 4) is 0 Å². The monoisotopic (exact) mass is 296 g/mol. The van der Waals surface area contributed by atoms with Crippen LogP contribution >= 0.6 is 12.2 Å². The molecule has 0 fully saturated rings. The zero-order valence-electron chi connectivity index (χ0n) is 11.8. The van der Waals surface area contributed by atoms with E-state index in [-0.39, 0.29) is 12.1 Å². The predicted octanol–water partition coefficient (Wildman–Crippen LogP) is 2.89. The van der Waals surface area contributed by atoms with Crippen LogP contribution in [0.15, 0.2) is 30.3 Å². The summed E-state index contributed by atoms with van der Waals surface area (Å²) in [6.45, 7) is 4.35. The van der Waals surface area contributed by atoms with E-state index in [1.54, 1.807) is 6.92 Å². The fourth-order valence-corrected chi connectivity index (χ4v) is 1.71. The van der Waals surface area contributed by atoms with E-state index in [1.165, 1.54) is 6.92 Å². The van der Waals surface area contributed by atoms with E-state index in [2.05, 4.69) is 0 Å². The molecule has 0 aliphatic rings. The second-order valence-electron chi connectivity index (χ2n) is 4.36. The van der Waals surface area contributed by atoms with Gasteiger partial charge in [-0.1, -0.05) is 30.3 Å². The normalized spacial score (nSPS) is 11.7. The van der Waals surface area contributed by atoms with Crippen molar-refractivity contribution >= 4 is 23.2 Å². The van der Waals surface area contributed by atoms with Crippen LogP contribution in [0.1, 0.15) is 25.8 Å². The summed E-state index contributed by atoms with van der Waals surface area (Å²) in [5.74, 6) is -0.322. The molecule has 0 radical (unpaired) electrons. The summed E-state index contributed by atoms with van der Waals surface area (Å²) in [6.07, 6.45) is 0.244. The van der Waals surface area contributed by atoms with Gasteiger partial charge in [0.1, 0.15) is 6.10 Å². The number of hydrogen-bond donors (Lipinski definition) is 0. The minimum atomic E-state index is -0.322. The largest absolute Gasteiger partial charge is 0.487 e. The molecular formula is C15H20O4S. The molecular weight excluding hydrogens is 276 g/mol. The maximum atomic E-state index is 11.0. The van der Waals surface area contributed by atoms with Gasteiger partial charge in [-0.2, -0.15) is 0 Å². The molecule has 1 aromatic carbocycles. The standard InChI is InChI=1S/C15H20O4S/c1-12(16)19-15(8-9-18-13(2)20)11-17-10-14-6-4-3-5-7-14/h3-7,15H,8-11H2,1-2H3/t15-/m0/s1. The summed E-state index contributed by atoms with van der Waals surface area (Å²) in [4.78, 5) is 11.0. The van der Waals surface area contributed by atoms with Crippen molar-refractivity contribution in [3.05, 3.63) is 35.9 Å². The van der Waals surface area contributed by atoms with E-state index in [4.69, 9.17) is 26.4 Å². The quantitative estimate of drug-likeness (QED) is 0.545. The van der Waals surface area contributed by atoms with Gasteiger partial charge in [0.25, 0.3) is 0 Å². The highest BCUT2D eigenvalue weighted by atomic mass is 32.1. The molecule has 0 saturated carbocycles. The SMILES string of the molecule is CC(=O)O[C@@H](CCOC(C)=S)COCc1ccccc1. The fraction of sp³-hybridized carbons (Fsp3) is 0.467. The van der Waals surface area contributed by atoms with E-state index in [9.17, 15) is 4.79 Å². The van der Waals surface area contributed by atoms with Gasteiger partial charge in [-0.15, -0.1) is 0 Å². The highest BCUT2D eigenvalue weighted by molar-refractivity contribution is 7.80. The van der Waals surface area contributed by atoms with Crippen LogP contribution in [-0.4, -0.2) is 30.3 Å². The Morgan fingerprint density at radius 1 is 1.25 bits per heavy atom. The smallest absolute Gasteiger partial charge is 0.302 e. The van der Waals surface area contributed by atoms with Crippen molar-refractivity contribution in [1.29, 1.82) is 0 Å². The van der Waals surface area contributed by atoms with Gasteiger partial charge in [-0.3, -0.25) is 4.79 Å². The predicted molar refractivity (Wildman–Crippen MR) is 80.5 cm³/mol. The van der Waals surface area contributed by atoms with Gasteiger partial charge in [0, 0.05) is 20.3 Å². The summed E-state index contributed by atoms with van der Waals surface area (Å²) < 4.78 is 16.0. The number of carbonyl (C=O) groups is 1. The number of rotatable bonds is 8. The molecule has 0 bridgehead atoms. The lowest BCUT2D eigenvalue weighted by Gasteiger charge is -2.17. The molecule has 0 aromatic heterocycles. The maximum absolute atomic E-state index is 11.0. The summed E-state index contributed by atoms with van der Waals surface area (Å²) in [5, 5.41) is 0.483. The van der Waals surface area contributed by atoms with Crippen molar-refractivity contribution in [2.75, 3.05) is 13.2 Å². The molecule has 0 heterocycles. The molecule has 4 nitrogen and oxygen atoms in total. The summed E-state index contributed by atoms with van der Waals surface area (Å²) in [6, 6.07) is 9.84. The molecule has 0 spiro atoms. The van der Waals surface area contributed by atoms with Crippen LogP contribution in [0.25, 0.3) is 0 Å². The Balaban J connectivity index is 2.32. The zero-order valence-corrected chi connectivity index (χ0v) is 12.7. The van der Waals surface area contributed by atoms with E-state index in [0.29, 0.717) is 31.3 Å². The molecule has 20 heavy (non-hydrogen) atoms. The highest BCUT2D eigenvalue weighted by Crippen LogP contribution is 2.05. The number of esters is 1. The van der Waals surface area contributed by atoms with Gasteiger partial charge in [-0.25, -0.2) is 0 Å². The molecule has 0 aliphatic heterocycles. The third-order valence-electron chi connectivity index (χ3n) is 2.49. The van der Waals surface area contributed by atoms with Crippen molar-refractivity contribution in [1.82, 2.24) is 0 Å². The second kappa shape index (κ2) is 9.44. The van der Waals surface area contributed by atoms with E-state index in [0.717, 1.165) is 5.56 Å². The molecule has 1 aromatic rings. The van der Waals surface area contributed by atoms with Crippen LogP contribution in [0.3, 0.4) is 0 Å². The molecule has 0 amide bonds. The lowest BCUT2D eigenvalue weighted by molar-refractivity contribution is -0.150. The molecule has 0 N–H and O–H groups in total. The molecule has 110 valence electrons. The van der Waals surface area contributed by atoms with E-state index in [1.807, 2.05) is 30.3 Å². The first-order valence-corrected chi connectivity index (χ1v) is 6.91. The Bertz CT molecular complexity index is 419. The highest BCUT2D eigenvalue weighted by Gasteiger charge is 2.13. The minimum absolute atomic E-state index is 0.314. The third-order valence-corrected chi connectivity index (χ3v) is 2.61. The van der Waals surface area contributed by atoms with Gasteiger partial charge in [0.2, 0.25) is 0 Å². The molecule has 1 rings (SSSR count). The van der Waals surface area contributed by atoms with Gasteiger partial charge >= 0.3 is 5.97 Å². The topological polar surface area (TPSA) is 44.8 Å². The summed E-state index contributed by atoms with van der Waals surface area (Å²) in [7, 11) is 0. The zero-order chi connectivity index (χ0) is 14.8. The van der Waals surface area contributed by atoms with Crippen molar-refractivity contribution in [2.24, 2.45) is 0 Å². The van der Waals surface area contributed by atoms with Crippen molar-refractivity contribution in [3.63, 3.8) is 0 Å². The van der Waals surface area contributed by atoms with Crippen LogP contribution in [0.4, 0.5) is 0 Å². The molecule has 0 aliphatic carbocycles. The van der Waals surface area contributed by atoms with Gasteiger partial charge in [-0.05, 0) is 17.8 Å². The van der Waals surface area contributed by atoms with E-state index >= 15 is 0 Å². The molecule has 0 unspecified atom stereocenters. The average molecular weight is 296 g/mol. The fourth-order valence-electron chi connectivity index (χ4n) is 1.63. The van der Waals surface area contributed by atoms with Gasteiger partial charge in [0.15, 0.2) is 5.05 Å². The second-order valence-corrected chi connectivity index (χ2v) is 4.94. The number of ether oxygens (including phenoxy) is 3. The Morgan fingerprint density at radius 3 is 2.55 bits per heavy atom. The molecule has 1 atom stereocenters. The Morgan fingerprint density at radius 2 is 1.95 bits per heavy atom. The number of carbonyl (C=O) groups excluding carboxylic acids is 1. The van der Waals surface area contributed by atoms with Crippen LogP contribution in [0.5, 0.6) is 0 Å².